The largest absolute Gasteiger partial charge is 0.369 e. The SMILES string of the molecule is CN1C(=O)C2(CCNCC2)C[C@@H]1CCN1CCN(c2ccc(F)cc2)CC1.Cl.Cl. The summed E-state index contributed by atoms with van der Waals surface area (Å²) in [4.78, 5) is 19.7. The number of hydrogen-bond donors (Lipinski definition) is 1. The Morgan fingerprint density at radius 2 is 1.69 bits per heavy atom. The van der Waals surface area contributed by atoms with Gasteiger partial charge < -0.3 is 15.1 Å². The molecular weight excluding hydrogens is 414 g/mol. The molecule has 1 spiro atoms. The lowest BCUT2D eigenvalue weighted by Gasteiger charge is -2.36. The van der Waals surface area contributed by atoms with Crippen molar-refractivity contribution in [1.29, 1.82) is 0 Å². The number of hydrogen-bond acceptors (Lipinski definition) is 4. The van der Waals surface area contributed by atoms with E-state index in [-0.39, 0.29) is 36.0 Å². The van der Waals surface area contributed by atoms with Crippen molar-refractivity contribution in [2.45, 2.75) is 31.7 Å². The Hall–Kier alpha value is -1.08. The van der Waals surface area contributed by atoms with Gasteiger partial charge in [-0.05, 0) is 63.0 Å². The fourth-order valence-corrected chi connectivity index (χ4v) is 5.05. The van der Waals surface area contributed by atoms with Crippen LogP contribution < -0.4 is 10.2 Å². The van der Waals surface area contributed by atoms with Crippen molar-refractivity contribution < 1.29 is 9.18 Å². The fraction of sp³-hybridized carbons (Fsp3) is 0.667. The minimum Gasteiger partial charge on any atom is -0.369 e. The Morgan fingerprint density at radius 1 is 1.07 bits per heavy atom. The van der Waals surface area contributed by atoms with Crippen LogP contribution in [0.15, 0.2) is 24.3 Å². The smallest absolute Gasteiger partial charge is 0.228 e. The van der Waals surface area contributed by atoms with Crippen molar-refractivity contribution in [3.63, 3.8) is 0 Å². The first-order chi connectivity index (χ1) is 13.1. The number of likely N-dealkylation sites (tertiary alicyclic amines) is 1. The second kappa shape index (κ2) is 10.3. The van der Waals surface area contributed by atoms with Gasteiger partial charge in [-0.3, -0.25) is 9.69 Å². The third-order valence-electron chi connectivity index (χ3n) is 6.85. The number of nitrogens with one attached hydrogen (secondary N) is 1. The molecule has 0 radical (unpaired) electrons. The first-order valence-electron chi connectivity index (χ1n) is 10.3. The summed E-state index contributed by atoms with van der Waals surface area (Å²) in [6, 6.07) is 7.17. The van der Waals surface area contributed by atoms with Gasteiger partial charge in [0.15, 0.2) is 0 Å². The Morgan fingerprint density at radius 3 is 2.31 bits per heavy atom. The molecular formula is C21H33Cl2FN4O. The van der Waals surface area contributed by atoms with E-state index in [0.29, 0.717) is 11.9 Å². The summed E-state index contributed by atoms with van der Waals surface area (Å²) in [7, 11) is 2.00. The van der Waals surface area contributed by atoms with Crippen LogP contribution in [0.25, 0.3) is 0 Å². The summed E-state index contributed by atoms with van der Waals surface area (Å²) in [6.45, 7) is 6.98. The fourth-order valence-electron chi connectivity index (χ4n) is 5.05. The van der Waals surface area contributed by atoms with Gasteiger partial charge in [-0.25, -0.2) is 4.39 Å². The minimum atomic E-state index is -0.181. The van der Waals surface area contributed by atoms with Gasteiger partial charge in [-0.1, -0.05) is 0 Å². The normalized spacial score (nSPS) is 24.3. The van der Waals surface area contributed by atoms with Crippen molar-refractivity contribution in [2.75, 3.05) is 57.8 Å². The summed E-state index contributed by atoms with van der Waals surface area (Å²) in [5.41, 5.74) is 1.01. The zero-order valence-corrected chi connectivity index (χ0v) is 18.7. The molecule has 1 amide bonds. The lowest BCUT2D eigenvalue weighted by Crippen LogP contribution is -2.47. The highest BCUT2D eigenvalue weighted by atomic mass is 35.5. The molecule has 0 aromatic heterocycles. The maximum absolute atomic E-state index is 13.1. The van der Waals surface area contributed by atoms with Crippen LogP contribution in [-0.2, 0) is 4.79 Å². The number of rotatable bonds is 4. The monoisotopic (exact) mass is 446 g/mol. The Kier molecular flexibility index (Phi) is 8.59. The molecule has 4 rings (SSSR count). The number of carbonyl (C=O) groups is 1. The molecule has 1 N–H and O–H groups in total. The lowest BCUT2D eigenvalue weighted by atomic mass is 9.76. The van der Waals surface area contributed by atoms with Gasteiger partial charge in [0, 0.05) is 51.5 Å². The van der Waals surface area contributed by atoms with E-state index in [9.17, 15) is 9.18 Å². The molecule has 164 valence electrons. The maximum atomic E-state index is 13.1. The number of nitrogens with zero attached hydrogens (tertiary/aromatic N) is 3. The van der Waals surface area contributed by atoms with Crippen molar-refractivity contribution >= 4 is 36.4 Å². The van der Waals surface area contributed by atoms with Crippen molar-refractivity contribution in [1.82, 2.24) is 15.1 Å². The quantitative estimate of drug-likeness (QED) is 0.771. The standard InChI is InChI=1S/C21H31FN4O.2ClH/c1-24-19(16-21(20(24)27)7-9-23-10-8-21)6-11-25-12-14-26(15-13-25)18-4-2-17(22)3-5-18;;/h2-5,19,23H,6-16H2,1H3;2*1H/t19-;;/m0../s1. The highest BCUT2D eigenvalue weighted by Crippen LogP contribution is 2.43. The van der Waals surface area contributed by atoms with E-state index in [1.54, 1.807) is 0 Å². The summed E-state index contributed by atoms with van der Waals surface area (Å²) >= 11 is 0. The Bertz CT molecular complexity index is 661. The van der Waals surface area contributed by atoms with Gasteiger partial charge in [0.1, 0.15) is 5.82 Å². The van der Waals surface area contributed by atoms with Gasteiger partial charge in [-0.15, -0.1) is 24.8 Å². The average Bonchev–Trinajstić information content (AvgIpc) is 2.93. The second-order valence-electron chi connectivity index (χ2n) is 8.40. The van der Waals surface area contributed by atoms with Gasteiger partial charge >= 0.3 is 0 Å². The molecule has 29 heavy (non-hydrogen) atoms. The second-order valence-corrected chi connectivity index (χ2v) is 8.40. The van der Waals surface area contributed by atoms with Crippen molar-refractivity contribution in [3.8, 4) is 0 Å². The number of amides is 1. The number of anilines is 1. The van der Waals surface area contributed by atoms with Gasteiger partial charge in [0.05, 0.1) is 5.41 Å². The molecule has 1 aromatic rings. The van der Waals surface area contributed by atoms with Crippen molar-refractivity contribution in [2.24, 2.45) is 5.41 Å². The molecule has 3 saturated heterocycles. The molecule has 1 atom stereocenters. The van der Waals surface area contributed by atoms with Crippen LogP contribution >= 0.6 is 24.8 Å². The van der Waals surface area contributed by atoms with Crippen LogP contribution in [0.4, 0.5) is 10.1 Å². The molecule has 0 unspecified atom stereocenters. The van der Waals surface area contributed by atoms with E-state index >= 15 is 0 Å². The van der Waals surface area contributed by atoms with E-state index in [2.05, 4.69) is 15.1 Å². The topological polar surface area (TPSA) is 38.8 Å². The minimum absolute atomic E-state index is 0. The number of benzene rings is 1. The van der Waals surface area contributed by atoms with Gasteiger partial charge in [-0.2, -0.15) is 0 Å². The summed E-state index contributed by atoms with van der Waals surface area (Å²) < 4.78 is 13.1. The van der Waals surface area contributed by atoms with Crippen LogP contribution in [0.3, 0.4) is 0 Å². The Balaban J connectivity index is 0.00000150. The van der Waals surface area contributed by atoms with Crippen LogP contribution in [0.2, 0.25) is 0 Å². The Labute approximate surface area is 185 Å². The summed E-state index contributed by atoms with van der Waals surface area (Å²) in [5.74, 6) is 0.189. The molecule has 0 aliphatic carbocycles. The van der Waals surface area contributed by atoms with E-state index < -0.39 is 0 Å². The van der Waals surface area contributed by atoms with Crippen LogP contribution in [0, 0.1) is 11.2 Å². The molecule has 3 fully saturated rings. The maximum Gasteiger partial charge on any atom is 0.228 e. The third-order valence-corrected chi connectivity index (χ3v) is 6.85. The first kappa shape index (κ1) is 24.2. The van der Waals surface area contributed by atoms with Crippen molar-refractivity contribution in [3.05, 3.63) is 30.1 Å². The lowest BCUT2D eigenvalue weighted by molar-refractivity contribution is -0.136. The molecule has 5 nitrogen and oxygen atoms in total. The highest BCUT2D eigenvalue weighted by Gasteiger charge is 2.49. The van der Waals surface area contributed by atoms with Crippen LogP contribution in [0.5, 0.6) is 0 Å². The molecule has 0 bridgehead atoms. The van der Waals surface area contributed by atoms with E-state index in [1.165, 1.54) is 12.1 Å². The van der Waals surface area contributed by atoms with Crippen LogP contribution in [-0.4, -0.2) is 74.6 Å². The van der Waals surface area contributed by atoms with E-state index in [4.69, 9.17) is 0 Å². The number of piperidine rings is 1. The number of piperazine rings is 1. The predicted octanol–water partition coefficient (Wildman–Crippen LogP) is 2.78. The summed E-state index contributed by atoms with van der Waals surface area (Å²) in [5, 5.41) is 3.39. The average molecular weight is 447 g/mol. The van der Waals surface area contributed by atoms with E-state index in [1.807, 2.05) is 24.1 Å². The zero-order valence-electron chi connectivity index (χ0n) is 17.1. The van der Waals surface area contributed by atoms with Crippen LogP contribution in [0.1, 0.15) is 25.7 Å². The molecule has 0 saturated carbocycles. The number of halogens is 3. The zero-order chi connectivity index (χ0) is 18.9. The molecule has 8 heteroatoms. The number of carbonyl (C=O) groups excluding carboxylic acids is 1. The molecule has 3 aliphatic rings. The molecule has 1 aromatic carbocycles. The molecule has 3 aliphatic heterocycles. The predicted molar refractivity (Wildman–Crippen MR) is 120 cm³/mol. The summed E-state index contributed by atoms with van der Waals surface area (Å²) in [6.07, 6.45) is 4.07. The highest BCUT2D eigenvalue weighted by molar-refractivity contribution is 5.86. The first-order valence-corrected chi connectivity index (χ1v) is 10.3. The van der Waals surface area contributed by atoms with Gasteiger partial charge in [0.2, 0.25) is 5.91 Å². The van der Waals surface area contributed by atoms with E-state index in [0.717, 1.165) is 77.2 Å². The third kappa shape index (κ3) is 5.16. The molecule has 3 heterocycles. The van der Waals surface area contributed by atoms with Gasteiger partial charge in [0.25, 0.3) is 0 Å².